The van der Waals surface area contributed by atoms with E-state index in [9.17, 15) is 13.2 Å². The standard InChI is InChI=1S/C16H22N2O3S/c1-18(22(2,20)21)14-7-5-12(6-8-14)16(19)17-15-10-11-3-4-13(15)9-11/h5-8,11,13,15H,3-4,9-10H2,1-2H3,(H,17,19)/t11-,13-,15+/m1/s1. The number of nitrogens with one attached hydrogen (secondary N) is 1. The minimum atomic E-state index is -3.28. The lowest BCUT2D eigenvalue weighted by Gasteiger charge is -2.23. The van der Waals surface area contributed by atoms with Crippen LogP contribution >= 0.6 is 0 Å². The average molecular weight is 322 g/mol. The van der Waals surface area contributed by atoms with Gasteiger partial charge in [0.25, 0.3) is 5.91 Å². The van der Waals surface area contributed by atoms with Crippen molar-refractivity contribution in [3.8, 4) is 0 Å². The topological polar surface area (TPSA) is 66.5 Å². The van der Waals surface area contributed by atoms with Gasteiger partial charge in [0.2, 0.25) is 10.0 Å². The summed E-state index contributed by atoms with van der Waals surface area (Å²) in [7, 11) is -1.78. The van der Waals surface area contributed by atoms with Gasteiger partial charge in [-0.05, 0) is 55.4 Å². The Labute approximate surface area is 131 Å². The van der Waals surface area contributed by atoms with Crippen LogP contribution in [0.2, 0.25) is 0 Å². The SMILES string of the molecule is CN(c1ccc(C(=O)N[C@H]2C[C@@H]3CC[C@@H]2C3)cc1)S(C)(=O)=O. The Morgan fingerprint density at radius 2 is 1.86 bits per heavy atom. The molecule has 5 nitrogen and oxygen atoms in total. The molecule has 0 aliphatic heterocycles. The normalized spacial score (nSPS) is 26.9. The molecule has 0 aromatic heterocycles. The summed E-state index contributed by atoms with van der Waals surface area (Å²) in [6, 6.07) is 7.00. The number of rotatable bonds is 4. The molecule has 1 N–H and O–H groups in total. The van der Waals surface area contributed by atoms with E-state index >= 15 is 0 Å². The molecule has 2 saturated carbocycles. The molecule has 0 spiro atoms. The van der Waals surface area contributed by atoms with Crippen molar-refractivity contribution in [1.29, 1.82) is 0 Å². The van der Waals surface area contributed by atoms with E-state index < -0.39 is 10.0 Å². The molecule has 0 radical (unpaired) electrons. The van der Waals surface area contributed by atoms with Gasteiger partial charge in [-0.15, -0.1) is 0 Å². The molecule has 3 atom stereocenters. The molecule has 2 bridgehead atoms. The molecule has 0 heterocycles. The fraction of sp³-hybridized carbons (Fsp3) is 0.562. The number of hydrogen-bond donors (Lipinski definition) is 1. The molecule has 3 rings (SSSR count). The van der Waals surface area contributed by atoms with Crippen LogP contribution in [0.25, 0.3) is 0 Å². The van der Waals surface area contributed by atoms with E-state index in [1.54, 1.807) is 24.3 Å². The number of fused-ring (bicyclic) bond motifs is 2. The van der Waals surface area contributed by atoms with Gasteiger partial charge in [0, 0.05) is 18.7 Å². The lowest BCUT2D eigenvalue weighted by molar-refractivity contribution is 0.0923. The Hall–Kier alpha value is -1.56. The maximum atomic E-state index is 12.3. The van der Waals surface area contributed by atoms with Crippen molar-refractivity contribution >= 4 is 21.6 Å². The Kier molecular flexibility index (Phi) is 3.89. The van der Waals surface area contributed by atoms with E-state index in [1.807, 2.05) is 0 Å². The van der Waals surface area contributed by atoms with Crippen LogP contribution < -0.4 is 9.62 Å². The van der Waals surface area contributed by atoms with E-state index in [1.165, 1.54) is 30.6 Å². The smallest absolute Gasteiger partial charge is 0.251 e. The summed E-state index contributed by atoms with van der Waals surface area (Å²) >= 11 is 0. The maximum absolute atomic E-state index is 12.3. The van der Waals surface area contributed by atoms with Crippen LogP contribution in [-0.4, -0.2) is 33.7 Å². The zero-order valence-corrected chi connectivity index (χ0v) is 13.8. The van der Waals surface area contributed by atoms with Crippen molar-refractivity contribution < 1.29 is 13.2 Å². The molecule has 1 aromatic carbocycles. The van der Waals surface area contributed by atoms with Gasteiger partial charge in [0.1, 0.15) is 0 Å². The van der Waals surface area contributed by atoms with E-state index in [4.69, 9.17) is 0 Å². The summed E-state index contributed by atoms with van der Waals surface area (Å²) in [6.07, 6.45) is 6.05. The monoisotopic (exact) mass is 322 g/mol. The lowest BCUT2D eigenvalue weighted by atomic mass is 9.95. The Bertz CT molecular complexity index is 669. The third-order valence-electron chi connectivity index (χ3n) is 5.05. The van der Waals surface area contributed by atoms with Crippen LogP contribution in [0, 0.1) is 11.8 Å². The summed E-state index contributed by atoms with van der Waals surface area (Å²) in [6.45, 7) is 0. The highest BCUT2D eigenvalue weighted by molar-refractivity contribution is 7.92. The number of benzene rings is 1. The maximum Gasteiger partial charge on any atom is 0.251 e. The molecule has 6 heteroatoms. The van der Waals surface area contributed by atoms with Crippen LogP contribution in [0.1, 0.15) is 36.0 Å². The number of nitrogens with zero attached hydrogens (tertiary/aromatic N) is 1. The number of sulfonamides is 1. The van der Waals surface area contributed by atoms with Crippen molar-refractivity contribution in [2.24, 2.45) is 11.8 Å². The van der Waals surface area contributed by atoms with Crippen LogP contribution in [0.3, 0.4) is 0 Å². The fourth-order valence-electron chi connectivity index (χ4n) is 3.69. The van der Waals surface area contributed by atoms with Crippen LogP contribution in [0.4, 0.5) is 5.69 Å². The highest BCUT2D eigenvalue weighted by Crippen LogP contribution is 2.44. The summed E-state index contributed by atoms with van der Waals surface area (Å²) in [5.74, 6) is 1.37. The number of carbonyl (C=O) groups excluding carboxylic acids is 1. The second-order valence-corrected chi connectivity index (χ2v) is 8.55. The molecule has 1 aromatic rings. The molecule has 2 aliphatic carbocycles. The Balaban J connectivity index is 1.66. The van der Waals surface area contributed by atoms with Crippen LogP contribution in [0.15, 0.2) is 24.3 Å². The predicted octanol–water partition coefficient (Wildman–Crippen LogP) is 2.00. The van der Waals surface area contributed by atoms with Gasteiger partial charge >= 0.3 is 0 Å². The summed E-state index contributed by atoms with van der Waals surface area (Å²) in [4.78, 5) is 12.3. The first-order valence-corrected chi connectivity index (χ1v) is 9.54. The number of hydrogen-bond acceptors (Lipinski definition) is 3. The van der Waals surface area contributed by atoms with Crippen LogP contribution in [-0.2, 0) is 10.0 Å². The highest BCUT2D eigenvalue weighted by Gasteiger charge is 2.40. The third kappa shape index (κ3) is 2.97. The van der Waals surface area contributed by atoms with Gasteiger partial charge in [-0.3, -0.25) is 9.10 Å². The van der Waals surface area contributed by atoms with Gasteiger partial charge in [-0.1, -0.05) is 6.42 Å². The average Bonchev–Trinajstić information content (AvgIpc) is 3.08. The molecule has 0 unspecified atom stereocenters. The Morgan fingerprint density at radius 1 is 1.18 bits per heavy atom. The van der Waals surface area contributed by atoms with Crippen molar-refractivity contribution in [3.63, 3.8) is 0 Å². The molecule has 0 saturated heterocycles. The van der Waals surface area contributed by atoms with Crippen molar-refractivity contribution in [2.75, 3.05) is 17.6 Å². The molecule has 22 heavy (non-hydrogen) atoms. The molecule has 120 valence electrons. The van der Waals surface area contributed by atoms with Gasteiger partial charge < -0.3 is 5.32 Å². The fourth-order valence-corrected chi connectivity index (χ4v) is 4.19. The lowest BCUT2D eigenvalue weighted by Crippen LogP contribution is -2.38. The zero-order valence-electron chi connectivity index (χ0n) is 13.0. The molecular formula is C16H22N2O3S. The van der Waals surface area contributed by atoms with Gasteiger partial charge in [0.15, 0.2) is 0 Å². The van der Waals surface area contributed by atoms with Crippen LogP contribution in [0.5, 0.6) is 0 Å². The van der Waals surface area contributed by atoms with Crippen molar-refractivity contribution in [3.05, 3.63) is 29.8 Å². The van der Waals surface area contributed by atoms with E-state index in [0.717, 1.165) is 18.6 Å². The second-order valence-electron chi connectivity index (χ2n) is 6.53. The number of amides is 1. The predicted molar refractivity (Wildman–Crippen MR) is 86.4 cm³/mol. The molecule has 1 amide bonds. The highest BCUT2D eigenvalue weighted by atomic mass is 32.2. The first kappa shape index (κ1) is 15.3. The van der Waals surface area contributed by atoms with E-state index in [0.29, 0.717) is 23.2 Å². The first-order valence-electron chi connectivity index (χ1n) is 7.69. The largest absolute Gasteiger partial charge is 0.349 e. The summed E-state index contributed by atoms with van der Waals surface area (Å²) < 4.78 is 24.2. The third-order valence-corrected chi connectivity index (χ3v) is 6.25. The number of anilines is 1. The van der Waals surface area contributed by atoms with Crippen molar-refractivity contribution in [2.45, 2.75) is 31.7 Å². The van der Waals surface area contributed by atoms with Gasteiger partial charge in [0.05, 0.1) is 11.9 Å². The van der Waals surface area contributed by atoms with E-state index in [-0.39, 0.29) is 5.91 Å². The quantitative estimate of drug-likeness (QED) is 0.922. The van der Waals surface area contributed by atoms with E-state index in [2.05, 4.69) is 5.32 Å². The van der Waals surface area contributed by atoms with Gasteiger partial charge in [-0.2, -0.15) is 0 Å². The number of carbonyl (C=O) groups is 1. The first-order chi connectivity index (χ1) is 10.3. The second kappa shape index (κ2) is 5.57. The van der Waals surface area contributed by atoms with Gasteiger partial charge in [-0.25, -0.2) is 8.42 Å². The zero-order chi connectivity index (χ0) is 15.9. The minimum Gasteiger partial charge on any atom is -0.349 e. The Morgan fingerprint density at radius 3 is 2.36 bits per heavy atom. The molecular weight excluding hydrogens is 300 g/mol. The molecule has 2 aliphatic rings. The van der Waals surface area contributed by atoms with Crippen molar-refractivity contribution in [1.82, 2.24) is 5.32 Å². The summed E-state index contributed by atoms with van der Waals surface area (Å²) in [5, 5.41) is 3.13. The molecule has 2 fully saturated rings. The minimum absolute atomic E-state index is 0.0638. The summed E-state index contributed by atoms with van der Waals surface area (Å²) in [5.41, 5.74) is 1.13.